The van der Waals surface area contributed by atoms with E-state index in [9.17, 15) is 9.90 Å². The van der Waals surface area contributed by atoms with Gasteiger partial charge in [0.15, 0.2) is 0 Å². The van der Waals surface area contributed by atoms with Crippen molar-refractivity contribution in [3.05, 3.63) is 48.0 Å². The molecule has 1 rings (SSSR count). The van der Waals surface area contributed by atoms with Crippen LogP contribution in [0.4, 0.5) is 0 Å². The van der Waals surface area contributed by atoms with E-state index in [-0.39, 0.29) is 11.7 Å². The van der Waals surface area contributed by atoms with Crippen molar-refractivity contribution in [3.63, 3.8) is 0 Å². The van der Waals surface area contributed by atoms with Gasteiger partial charge in [0.1, 0.15) is 5.78 Å². The molecule has 1 aromatic carbocycles. The fourth-order valence-corrected chi connectivity index (χ4v) is 2.69. The summed E-state index contributed by atoms with van der Waals surface area (Å²) in [5.41, 5.74) is 0.366. The van der Waals surface area contributed by atoms with Crippen molar-refractivity contribution in [1.82, 2.24) is 0 Å². The number of ketones is 1. The van der Waals surface area contributed by atoms with Crippen LogP contribution >= 0.6 is 0 Å². The van der Waals surface area contributed by atoms with Crippen molar-refractivity contribution in [3.8, 4) is 0 Å². The van der Waals surface area contributed by atoms with Crippen LogP contribution in [0, 0.1) is 11.3 Å². The Morgan fingerprint density at radius 3 is 2.35 bits per heavy atom. The number of hydrogen-bond acceptors (Lipinski definition) is 2. The van der Waals surface area contributed by atoms with Crippen molar-refractivity contribution < 1.29 is 9.90 Å². The molecule has 0 aliphatic heterocycles. The Kier molecular flexibility index (Phi) is 8.25. The number of benzene rings is 1. The highest BCUT2D eigenvalue weighted by Crippen LogP contribution is 2.32. The molecule has 2 atom stereocenters. The third-order valence-electron chi connectivity index (χ3n) is 4.13. The van der Waals surface area contributed by atoms with Crippen LogP contribution in [-0.2, 0) is 4.79 Å². The Balaban J connectivity index is 2.80. The Bertz CT molecular complexity index is 482. The normalized spacial score (nSPS) is 14.8. The minimum Gasteiger partial charge on any atom is -0.388 e. The molecular formula is C21H32O2. The summed E-state index contributed by atoms with van der Waals surface area (Å²) in [5, 5.41) is 10.7. The van der Waals surface area contributed by atoms with Gasteiger partial charge in [-0.2, -0.15) is 0 Å². The molecule has 0 amide bonds. The second-order valence-corrected chi connectivity index (χ2v) is 7.28. The standard InChI is InChI=1S/C21H32O2/c1-5-6-7-8-9-13-16-18(20(23)21(2,3)4)19(22)17-14-11-10-12-15-17/h9-15,18-19,22H,5-8,16H2,1-4H3/b13-9+/t18-,19+/m1/s1. The number of unbranched alkanes of at least 4 members (excludes halogenated alkanes) is 3. The first kappa shape index (κ1) is 19.6. The average Bonchev–Trinajstić information content (AvgIpc) is 2.53. The lowest BCUT2D eigenvalue weighted by Crippen LogP contribution is -2.32. The van der Waals surface area contributed by atoms with Gasteiger partial charge in [0, 0.05) is 5.41 Å². The Labute approximate surface area is 141 Å². The maximum atomic E-state index is 12.8. The number of hydrogen-bond donors (Lipinski definition) is 1. The van der Waals surface area contributed by atoms with Crippen molar-refractivity contribution in [2.75, 3.05) is 0 Å². The van der Waals surface area contributed by atoms with Crippen LogP contribution in [0.25, 0.3) is 0 Å². The zero-order valence-corrected chi connectivity index (χ0v) is 15.1. The van der Waals surface area contributed by atoms with Gasteiger partial charge in [-0.15, -0.1) is 0 Å². The lowest BCUT2D eigenvalue weighted by atomic mass is 9.77. The summed E-state index contributed by atoms with van der Waals surface area (Å²) in [5.74, 6) is -0.271. The summed E-state index contributed by atoms with van der Waals surface area (Å²) in [6.07, 6.45) is 8.75. The molecular weight excluding hydrogens is 284 g/mol. The number of carbonyl (C=O) groups excluding carboxylic acids is 1. The van der Waals surface area contributed by atoms with Gasteiger partial charge in [-0.05, 0) is 24.8 Å². The topological polar surface area (TPSA) is 37.3 Å². The fourth-order valence-electron chi connectivity index (χ4n) is 2.69. The largest absolute Gasteiger partial charge is 0.388 e. The molecule has 0 radical (unpaired) electrons. The predicted molar refractivity (Wildman–Crippen MR) is 97.3 cm³/mol. The number of aliphatic hydroxyl groups is 1. The molecule has 0 saturated heterocycles. The van der Waals surface area contributed by atoms with Gasteiger partial charge in [0.05, 0.1) is 12.0 Å². The number of aliphatic hydroxyl groups excluding tert-OH is 1. The van der Waals surface area contributed by atoms with Gasteiger partial charge < -0.3 is 5.11 Å². The summed E-state index contributed by atoms with van der Waals surface area (Å²) in [6, 6.07) is 9.50. The van der Waals surface area contributed by atoms with Crippen LogP contribution in [0.3, 0.4) is 0 Å². The van der Waals surface area contributed by atoms with E-state index in [1.807, 2.05) is 51.1 Å². The summed E-state index contributed by atoms with van der Waals surface area (Å²) in [7, 11) is 0. The first-order valence-electron chi connectivity index (χ1n) is 8.80. The second-order valence-electron chi connectivity index (χ2n) is 7.28. The first-order valence-corrected chi connectivity index (χ1v) is 8.80. The van der Waals surface area contributed by atoms with E-state index in [1.54, 1.807) is 0 Å². The van der Waals surface area contributed by atoms with Crippen LogP contribution in [0.15, 0.2) is 42.5 Å². The Hall–Kier alpha value is -1.41. The summed E-state index contributed by atoms with van der Waals surface area (Å²) < 4.78 is 0. The van der Waals surface area contributed by atoms with Gasteiger partial charge in [0.25, 0.3) is 0 Å². The monoisotopic (exact) mass is 316 g/mol. The molecule has 0 aliphatic rings. The van der Waals surface area contributed by atoms with Gasteiger partial charge in [-0.1, -0.05) is 83.0 Å². The Morgan fingerprint density at radius 1 is 1.13 bits per heavy atom. The molecule has 0 unspecified atom stereocenters. The lowest BCUT2D eigenvalue weighted by Gasteiger charge is -2.28. The van der Waals surface area contributed by atoms with Crippen molar-refractivity contribution in [2.24, 2.45) is 11.3 Å². The van der Waals surface area contributed by atoms with E-state index < -0.39 is 11.5 Å². The molecule has 0 heterocycles. The van der Waals surface area contributed by atoms with E-state index in [0.29, 0.717) is 6.42 Å². The lowest BCUT2D eigenvalue weighted by molar-refractivity contribution is -0.134. The highest BCUT2D eigenvalue weighted by molar-refractivity contribution is 5.86. The molecule has 0 aromatic heterocycles. The predicted octanol–water partition coefficient (Wildman–Crippen LogP) is 5.48. The third kappa shape index (κ3) is 6.70. The van der Waals surface area contributed by atoms with E-state index >= 15 is 0 Å². The highest BCUT2D eigenvalue weighted by Gasteiger charge is 2.34. The van der Waals surface area contributed by atoms with Crippen LogP contribution in [0.5, 0.6) is 0 Å². The molecule has 2 nitrogen and oxygen atoms in total. The quantitative estimate of drug-likeness (QED) is 0.484. The summed E-state index contributed by atoms with van der Waals surface area (Å²) in [6.45, 7) is 7.96. The maximum absolute atomic E-state index is 12.8. The van der Waals surface area contributed by atoms with E-state index in [4.69, 9.17) is 0 Å². The zero-order valence-electron chi connectivity index (χ0n) is 15.1. The molecule has 2 heteroatoms. The molecule has 1 N–H and O–H groups in total. The van der Waals surface area contributed by atoms with Crippen molar-refractivity contribution in [1.29, 1.82) is 0 Å². The van der Waals surface area contributed by atoms with E-state index in [1.165, 1.54) is 19.3 Å². The fraction of sp³-hybridized carbons (Fsp3) is 0.571. The number of carbonyl (C=O) groups is 1. The smallest absolute Gasteiger partial charge is 0.144 e. The summed E-state index contributed by atoms with van der Waals surface area (Å²) >= 11 is 0. The number of rotatable bonds is 9. The average molecular weight is 316 g/mol. The van der Waals surface area contributed by atoms with Crippen molar-refractivity contribution in [2.45, 2.75) is 65.9 Å². The van der Waals surface area contributed by atoms with Crippen molar-refractivity contribution >= 4 is 5.78 Å². The highest BCUT2D eigenvalue weighted by atomic mass is 16.3. The molecule has 128 valence electrons. The minimum atomic E-state index is -0.747. The van der Waals surface area contributed by atoms with E-state index in [2.05, 4.69) is 19.1 Å². The van der Waals surface area contributed by atoms with Crippen LogP contribution in [-0.4, -0.2) is 10.9 Å². The molecule has 0 saturated carbocycles. The number of allylic oxidation sites excluding steroid dienone is 2. The van der Waals surface area contributed by atoms with E-state index in [0.717, 1.165) is 12.0 Å². The first-order chi connectivity index (χ1) is 10.9. The van der Waals surface area contributed by atoms with Crippen LogP contribution < -0.4 is 0 Å². The molecule has 0 fully saturated rings. The SMILES string of the molecule is CCCCC/C=C/C[C@@H](C(=O)C(C)(C)C)[C@@H](O)c1ccccc1. The molecule has 0 spiro atoms. The van der Waals surface area contributed by atoms with Crippen LogP contribution in [0.1, 0.15) is 71.5 Å². The van der Waals surface area contributed by atoms with Gasteiger partial charge in [-0.3, -0.25) is 4.79 Å². The van der Waals surface area contributed by atoms with Gasteiger partial charge in [0.2, 0.25) is 0 Å². The molecule has 0 bridgehead atoms. The minimum absolute atomic E-state index is 0.118. The van der Waals surface area contributed by atoms with Gasteiger partial charge >= 0.3 is 0 Å². The Morgan fingerprint density at radius 2 is 1.78 bits per heavy atom. The molecule has 23 heavy (non-hydrogen) atoms. The molecule has 1 aromatic rings. The molecule has 0 aliphatic carbocycles. The van der Waals surface area contributed by atoms with Gasteiger partial charge in [-0.25, -0.2) is 0 Å². The second kappa shape index (κ2) is 9.67. The third-order valence-corrected chi connectivity index (χ3v) is 4.13. The number of Topliss-reactive ketones (excluding diaryl/α,β-unsaturated/α-hetero) is 1. The maximum Gasteiger partial charge on any atom is 0.144 e. The van der Waals surface area contributed by atoms with Crippen LogP contribution in [0.2, 0.25) is 0 Å². The summed E-state index contributed by atoms with van der Waals surface area (Å²) in [4.78, 5) is 12.8. The zero-order chi connectivity index (χ0) is 17.3.